The molecule has 0 atom stereocenters. The lowest BCUT2D eigenvalue weighted by atomic mass is 10.1. The number of nitrogens with zero attached hydrogens (tertiary/aromatic N) is 2. The molecule has 5 nitrogen and oxygen atoms in total. The summed E-state index contributed by atoms with van der Waals surface area (Å²) in [7, 11) is 0. The van der Waals surface area contributed by atoms with Crippen molar-refractivity contribution < 1.29 is 9.21 Å². The summed E-state index contributed by atoms with van der Waals surface area (Å²) in [6, 6.07) is 7.23. The molecule has 1 aromatic heterocycles. The third-order valence-electron chi connectivity index (χ3n) is 2.92. The van der Waals surface area contributed by atoms with Crippen molar-refractivity contribution in [2.24, 2.45) is 0 Å². The summed E-state index contributed by atoms with van der Waals surface area (Å²) in [5.41, 5.74) is 0.928. The number of amides is 1. The first-order valence-corrected chi connectivity index (χ1v) is 7.26. The van der Waals surface area contributed by atoms with Crippen LogP contribution in [0, 0.1) is 0 Å². The summed E-state index contributed by atoms with van der Waals surface area (Å²) in [6.07, 6.45) is 0.865. The zero-order valence-corrected chi connectivity index (χ0v) is 12.9. The molecule has 0 aliphatic carbocycles. The molecule has 0 radical (unpaired) electrons. The maximum atomic E-state index is 11.8. The summed E-state index contributed by atoms with van der Waals surface area (Å²) in [6.45, 7) is 4.46. The molecule has 1 heterocycles. The quantitative estimate of drug-likeness (QED) is 0.891. The number of nitrogens with one attached hydrogen (secondary N) is 1. The van der Waals surface area contributed by atoms with Gasteiger partial charge in [0.15, 0.2) is 0 Å². The van der Waals surface area contributed by atoms with Crippen molar-refractivity contribution in [1.29, 1.82) is 0 Å². The summed E-state index contributed by atoms with van der Waals surface area (Å²) >= 11 is 5.80. The topological polar surface area (TPSA) is 68.0 Å². The smallest absolute Gasteiger partial charge is 0.224 e. The highest BCUT2D eigenvalue weighted by atomic mass is 35.5. The molecule has 0 aliphatic rings. The van der Waals surface area contributed by atoms with Gasteiger partial charge in [-0.3, -0.25) is 4.79 Å². The minimum atomic E-state index is -0.0408. The Hall–Kier alpha value is -1.88. The molecule has 112 valence electrons. The van der Waals surface area contributed by atoms with E-state index >= 15 is 0 Å². The summed E-state index contributed by atoms with van der Waals surface area (Å²) in [5.74, 6) is 1.34. The Kier molecular flexibility index (Phi) is 5.33. The van der Waals surface area contributed by atoms with E-state index < -0.39 is 0 Å². The van der Waals surface area contributed by atoms with Gasteiger partial charge in [0.2, 0.25) is 17.7 Å². The van der Waals surface area contributed by atoms with E-state index in [9.17, 15) is 4.79 Å². The number of rotatable bonds is 6. The zero-order valence-electron chi connectivity index (χ0n) is 12.1. The van der Waals surface area contributed by atoms with Crippen LogP contribution < -0.4 is 5.32 Å². The number of carbonyl (C=O) groups is 1. The Morgan fingerprint density at radius 2 is 2.00 bits per heavy atom. The Morgan fingerprint density at radius 3 is 2.62 bits per heavy atom. The maximum absolute atomic E-state index is 11.8. The number of carbonyl (C=O) groups excluding carboxylic acids is 1. The van der Waals surface area contributed by atoms with Crippen molar-refractivity contribution in [3.63, 3.8) is 0 Å². The average Bonchev–Trinajstić information content (AvgIpc) is 2.90. The highest BCUT2D eigenvalue weighted by Gasteiger charge is 2.10. The normalized spacial score (nSPS) is 10.9. The Bertz CT molecular complexity index is 593. The van der Waals surface area contributed by atoms with E-state index in [1.54, 1.807) is 12.1 Å². The van der Waals surface area contributed by atoms with Crippen LogP contribution in [0.3, 0.4) is 0 Å². The SMILES string of the molecule is CC(C)c1nnc(CCNC(=O)Cc2ccc(Cl)cc2)o1. The largest absolute Gasteiger partial charge is 0.425 e. The van der Waals surface area contributed by atoms with Gasteiger partial charge in [0.1, 0.15) is 0 Å². The molecule has 0 bridgehead atoms. The fourth-order valence-corrected chi connectivity index (χ4v) is 1.89. The average molecular weight is 308 g/mol. The second-order valence-corrected chi connectivity index (χ2v) is 5.53. The molecule has 1 aromatic carbocycles. The molecule has 2 aromatic rings. The molecular weight excluding hydrogens is 290 g/mol. The van der Waals surface area contributed by atoms with Crippen molar-refractivity contribution in [2.75, 3.05) is 6.54 Å². The Labute approximate surface area is 128 Å². The van der Waals surface area contributed by atoms with Gasteiger partial charge < -0.3 is 9.73 Å². The minimum absolute atomic E-state index is 0.0408. The van der Waals surface area contributed by atoms with Crippen LogP contribution in [0.2, 0.25) is 5.02 Å². The first kappa shape index (κ1) is 15.5. The van der Waals surface area contributed by atoms with E-state index in [0.29, 0.717) is 36.2 Å². The predicted molar refractivity (Wildman–Crippen MR) is 80.3 cm³/mol. The highest BCUT2D eigenvalue weighted by Crippen LogP contribution is 2.12. The standard InChI is InChI=1S/C15H18ClN3O2/c1-10(2)15-19-18-14(21-15)7-8-17-13(20)9-11-3-5-12(16)6-4-11/h3-6,10H,7-9H2,1-2H3,(H,17,20). The predicted octanol–water partition coefficient (Wildman–Crippen LogP) is 2.75. The molecule has 0 fully saturated rings. The summed E-state index contributed by atoms with van der Waals surface area (Å²) in [4.78, 5) is 11.8. The van der Waals surface area contributed by atoms with Gasteiger partial charge in [-0.25, -0.2) is 0 Å². The minimum Gasteiger partial charge on any atom is -0.425 e. The molecule has 1 N–H and O–H groups in total. The van der Waals surface area contributed by atoms with Crippen molar-refractivity contribution >= 4 is 17.5 Å². The lowest BCUT2D eigenvalue weighted by Crippen LogP contribution is -2.27. The van der Waals surface area contributed by atoms with Crippen LogP contribution in [0.1, 0.15) is 37.1 Å². The number of aromatic nitrogens is 2. The summed E-state index contributed by atoms with van der Waals surface area (Å²) in [5, 5.41) is 11.4. The highest BCUT2D eigenvalue weighted by molar-refractivity contribution is 6.30. The fraction of sp³-hybridized carbons (Fsp3) is 0.400. The van der Waals surface area contributed by atoms with Crippen LogP contribution in [0.25, 0.3) is 0 Å². The van der Waals surface area contributed by atoms with Crippen LogP contribution in [-0.4, -0.2) is 22.6 Å². The van der Waals surface area contributed by atoms with Gasteiger partial charge in [-0.2, -0.15) is 0 Å². The lowest BCUT2D eigenvalue weighted by molar-refractivity contribution is -0.120. The van der Waals surface area contributed by atoms with Crippen molar-refractivity contribution in [3.8, 4) is 0 Å². The monoisotopic (exact) mass is 307 g/mol. The fourth-order valence-electron chi connectivity index (χ4n) is 1.76. The lowest BCUT2D eigenvalue weighted by Gasteiger charge is -2.04. The van der Waals surface area contributed by atoms with E-state index in [1.165, 1.54) is 0 Å². The molecule has 21 heavy (non-hydrogen) atoms. The van der Waals surface area contributed by atoms with Gasteiger partial charge in [0.05, 0.1) is 6.42 Å². The van der Waals surface area contributed by atoms with Gasteiger partial charge in [-0.1, -0.05) is 37.6 Å². The van der Waals surface area contributed by atoms with Crippen LogP contribution in [0.4, 0.5) is 0 Å². The van der Waals surface area contributed by atoms with E-state index in [-0.39, 0.29) is 11.8 Å². The van der Waals surface area contributed by atoms with Crippen molar-refractivity contribution in [1.82, 2.24) is 15.5 Å². The van der Waals surface area contributed by atoms with Crippen LogP contribution in [0.5, 0.6) is 0 Å². The number of hydrogen-bond acceptors (Lipinski definition) is 4. The zero-order chi connectivity index (χ0) is 15.2. The van der Waals surface area contributed by atoms with Gasteiger partial charge in [-0.05, 0) is 17.7 Å². The molecule has 0 saturated carbocycles. The van der Waals surface area contributed by atoms with E-state index in [4.69, 9.17) is 16.0 Å². The van der Waals surface area contributed by atoms with Gasteiger partial charge in [-0.15, -0.1) is 10.2 Å². The number of hydrogen-bond donors (Lipinski definition) is 1. The molecular formula is C15H18ClN3O2. The molecule has 1 amide bonds. The molecule has 0 unspecified atom stereocenters. The molecule has 6 heteroatoms. The van der Waals surface area contributed by atoms with Crippen LogP contribution >= 0.6 is 11.6 Å². The van der Waals surface area contributed by atoms with Crippen molar-refractivity contribution in [3.05, 3.63) is 46.6 Å². The van der Waals surface area contributed by atoms with Crippen molar-refractivity contribution in [2.45, 2.75) is 32.6 Å². The molecule has 2 rings (SSSR count). The van der Waals surface area contributed by atoms with Gasteiger partial charge in [0, 0.05) is 23.9 Å². The number of benzene rings is 1. The molecule has 0 spiro atoms. The van der Waals surface area contributed by atoms with Gasteiger partial charge in [0.25, 0.3) is 0 Å². The third kappa shape index (κ3) is 4.86. The third-order valence-corrected chi connectivity index (χ3v) is 3.17. The second-order valence-electron chi connectivity index (χ2n) is 5.09. The first-order valence-electron chi connectivity index (χ1n) is 6.88. The maximum Gasteiger partial charge on any atom is 0.224 e. The molecule has 0 saturated heterocycles. The summed E-state index contributed by atoms with van der Waals surface area (Å²) < 4.78 is 5.47. The second kappa shape index (κ2) is 7.22. The van der Waals surface area contributed by atoms with Crippen LogP contribution in [-0.2, 0) is 17.6 Å². The Balaban J connectivity index is 1.74. The Morgan fingerprint density at radius 1 is 1.29 bits per heavy atom. The van der Waals surface area contributed by atoms with E-state index in [0.717, 1.165) is 5.56 Å². The van der Waals surface area contributed by atoms with E-state index in [2.05, 4.69) is 15.5 Å². The van der Waals surface area contributed by atoms with E-state index in [1.807, 2.05) is 26.0 Å². The first-order chi connectivity index (χ1) is 10.0. The van der Waals surface area contributed by atoms with Crippen LogP contribution in [0.15, 0.2) is 28.7 Å². The number of halogens is 1. The van der Waals surface area contributed by atoms with Gasteiger partial charge >= 0.3 is 0 Å². The molecule has 0 aliphatic heterocycles.